The monoisotopic (exact) mass is 206 g/mol. The minimum atomic E-state index is -0.00411. The summed E-state index contributed by atoms with van der Waals surface area (Å²) in [4.78, 5) is 15.6. The second kappa shape index (κ2) is 6.17. The van der Waals surface area contributed by atoms with E-state index in [1.54, 1.807) is 6.20 Å². The molecular weight excluding hydrogens is 188 g/mol. The van der Waals surface area contributed by atoms with E-state index in [9.17, 15) is 4.79 Å². The van der Waals surface area contributed by atoms with E-state index in [1.165, 1.54) is 0 Å². The zero-order valence-electron chi connectivity index (χ0n) is 9.36. The molecule has 1 N–H and O–H groups in total. The fourth-order valence-corrected chi connectivity index (χ4v) is 1.36. The number of nitrogens with zero attached hydrogens (tertiary/aromatic N) is 1. The highest BCUT2D eigenvalue weighted by Gasteiger charge is 2.09. The van der Waals surface area contributed by atoms with Gasteiger partial charge in [0.25, 0.3) is 0 Å². The molecule has 0 spiro atoms. The number of carbonyl (C=O) groups is 1. The van der Waals surface area contributed by atoms with Gasteiger partial charge >= 0.3 is 0 Å². The van der Waals surface area contributed by atoms with Crippen LogP contribution < -0.4 is 5.32 Å². The van der Waals surface area contributed by atoms with Gasteiger partial charge in [-0.05, 0) is 25.5 Å². The first-order valence-electron chi connectivity index (χ1n) is 5.44. The van der Waals surface area contributed by atoms with Crippen molar-refractivity contribution in [3.05, 3.63) is 30.1 Å². The highest BCUT2D eigenvalue weighted by atomic mass is 16.1. The van der Waals surface area contributed by atoms with Crippen LogP contribution in [0.3, 0.4) is 0 Å². The SMILES string of the molecule is CCCCC(=O)NC(C)c1ccccn1. The van der Waals surface area contributed by atoms with Crippen LogP contribution in [0.5, 0.6) is 0 Å². The topological polar surface area (TPSA) is 42.0 Å². The fraction of sp³-hybridized carbons (Fsp3) is 0.500. The number of amides is 1. The van der Waals surface area contributed by atoms with E-state index in [4.69, 9.17) is 0 Å². The number of nitrogens with one attached hydrogen (secondary N) is 1. The molecule has 1 unspecified atom stereocenters. The van der Waals surface area contributed by atoms with Crippen LogP contribution in [-0.2, 0) is 4.79 Å². The van der Waals surface area contributed by atoms with Crippen LogP contribution in [0.25, 0.3) is 0 Å². The molecule has 1 heterocycles. The summed E-state index contributed by atoms with van der Waals surface area (Å²) in [6.07, 6.45) is 4.34. The molecule has 0 saturated carbocycles. The predicted molar refractivity (Wildman–Crippen MR) is 60.3 cm³/mol. The molecular formula is C12H18N2O. The maximum atomic E-state index is 11.4. The van der Waals surface area contributed by atoms with Gasteiger partial charge in [-0.3, -0.25) is 9.78 Å². The molecule has 0 aliphatic heterocycles. The predicted octanol–water partition coefficient (Wildman–Crippen LogP) is 2.45. The number of hydrogen-bond donors (Lipinski definition) is 1. The van der Waals surface area contributed by atoms with Crippen LogP contribution in [0.15, 0.2) is 24.4 Å². The van der Waals surface area contributed by atoms with Gasteiger partial charge in [-0.15, -0.1) is 0 Å². The molecule has 1 atom stereocenters. The van der Waals surface area contributed by atoms with Crippen molar-refractivity contribution in [2.24, 2.45) is 0 Å². The van der Waals surface area contributed by atoms with Gasteiger partial charge in [-0.1, -0.05) is 19.4 Å². The Kier molecular flexibility index (Phi) is 4.81. The lowest BCUT2D eigenvalue weighted by atomic mass is 10.2. The Morgan fingerprint density at radius 1 is 1.53 bits per heavy atom. The first kappa shape index (κ1) is 11.7. The third kappa shape index (κ3) is 4.11. The van der Waals surface area contributed by atoms with Gasteiger partial charge in [0.1, 0.15) is 0 Å². The molecule has 0 radical (unpaired) electrons. The molecule has 1 rings (SSSR count). The molecule has 0 bridgehead atoms. The van der Waals surface area contributed by atoms with E-state index in [1.807, 2.05) is 25.1 Å². The van der Waals surface area contributed by atoms with Crippen LogP contribution in [0, 0.1) is 0 Å². The van der Waals surface area contributed by atoms with Gasteiger partial charge in [0.2, 0.25) is 5.91 Å². The molecule has 3 heteroatoms. The lowest BCUT2D eigenvalue weighted by Crippen LogP contribution is -2.26. The first-order chi connectivity index (χ1) is 7.24. The lowest BCUT2D eigenvalue weighted by molar-refractivity contribution is -0.121. The van der Waals surface area contributed by atoms with Crippen molar-refractivity contribution in [3.63, 3.8) is 0 Å². The van der Waals surface area contributed by atoms with E-state index in [0.717, 1.165) is 18.5 Å². The molecule has 1 aromatic heterocycles. The Hall–Kier alpha value is -1.38. The van der Waals surface area contributed by atoms with Gasteiger partial charge in [0, 0.05) is 12.6 Å². The number of carbonyl (C=O) groups excluding carboxylic acids is 1. The van der Waals surface area contributed by atoms with Gasteiger partial charge in [0.05, 0.1) is 11.7 Å². The van der Waals surface area contributed by atoms with Crippen molar-refractivity contribution in [3.8, 4) is 0 Å². The maximum absolute atomic E-state index is 11.4. The Morgan fingerprint density at radius 3 is 2.93 bits per heavy atom. The van der Waals surface area contributed by atoms with Crippen LogP contribution in [0.4, 0.5) is 0 Å². The fourth-order valence-electron chi connectivity index (χ4n) is 1.36. The largest absolute Gasteiger partial charge is 0.348 e. The van der Waals surface area contributed by atoms with E-state index in [-0.39, 0.29) is 11.9 Å². The van der Waals surface area contributed by atoms with Gasteiger partial charge in [-0.25, -0.2) is 0 Å². The van der Waals surface area contributed by atoms with E-state index in [0.29, 0.717) is 6.42 Å². The molecule has 0 aliphatic carbocycles. The van der Waals surface area contributed by atoms with Crippen molar-refractivity contribution >= 4 is 5.91 Å². The summed E-state index contributed by atoms with van der Waals surface area (Å²) < 4.78 is 0. The summed E-state index contributed by atoms with van der Waals surface area (Å²) in [5, 5.41) is 2.93. The number of pyridine rings is 1. The molecule has 3 nitrogen and oxygen atoms in total. The minimum Gasteiger partial charge on any atom is -0.348 e. The third-order valence-electron chi connectivity index (χ3n) is 2.27. The quantitative estimate of drug-likeness (QED) is 0.804. The molecule has 1 amide bonds. The number of unbranched alkanes of at least 4 members (excludes halogenated alkanes) is 1. The second-order valence-corrected chi connectivity index (χ2v) is 3.65. The Morgan fingerprint density at radius 2 is 2.33 bits per heavy atom. The van der Waals surface area contributed by atoms with Gasteiger partial charge in [-0.2, -0.15) is 0 Å². The van der Waals surface area contributed by atoms with Gasteiger partial charge < -0.3 is 5.32 Å². The Labute approximate surface area is 90.9 Å². The molecule has 1 aromatic rings. The Bertz CT molecular complexity index is 298. The van der Waals surface area contributed by atoms with Crippen LogP contribution in [0.2, 0.25) is 0 Å². The summed E-state index contributed by atoms with van der Waals surface area (Å²) in [6, 6.07) is 5.72. The van der Waals surface area contributed by atoms with Crippen LogP contribution in [-0.4, -0.2) is 10.9 Å². The van der Waals surface area contributed by atoms with E-state index < -0.39 is 0 Å². The standard InChI is InChI=1S/C12H18N2O/c1-3-4-8-12(15)14-10(2)11-7-5-6-9-13-11/h5-7,9-10H,3-4,8H2,1-2H3,(H,14,15). The molecule has 0 aliphatic rings. The number of hydrogen-bond acceptors (Lipinski definition) is 2. The smallest absolute Gasteiger partial charge is 0.220 e. The average molecular weight is 206 g/mol. The van der Waals surface area contributed by atoms with Crippen LogP contribution in [0.1, 0.15) is 44.8 Å². The normalized spacial score (nSPS) is 12.1. The zero-order valence-corrected chi connectivity index (χ0v) is 9.36. The maximum Gasteiger partial charge on any atom is 0.220 e. The molecule has 15 heavy (non-hydrogen) atoms. The van der Waals surface area contributed by atoms with E-state index in [2.05, 4.69) is 17.2 Å². The molecule has 0 aromatic carbocycles. The van der Waals surface area contributed by atoms with E-state index >= 15 is 0 Å². The van der Waals surface area contributed by atoms with Gasteiger partial charge in [0.15, 0.2) is 0 Å². The van der Waals surface area contributed by atoms with Crippen molar-refractivity contribution in [1.29, 1.82) is 0 Å². The Balaban J connectivity index is 2.42. The van der Waals surface area contributed by atoms with Crippen molar-refractivity contribution in [1.82, 2.24) is 10.3 Å². The molecule has 0 fully saturated rings. The first-order valence-corrected chi connectivity index (χ1v) is 5.44. The number of aromatic nitrogens is 1. The average Bonchev–Trinajstić information content (AvgIpc) is 2.27. The zero-order chi connectivity index (χ0) is 11.1. The summed E-state index contributed by atoms with van der Waals surface area (Å²) in [7, 11) is 0. The van der Waals surface area contributed by atoms with Crippen molar-refractivity contribution in [2.45, 2.75) is 39.2 Å². The van der Waals surface area contributed by atoms with Crippen LogP contribution >= 0.6 is 0 Å². The lowest BCUT2D eigenvalue weighted by Gasteiger charge is -2.12. The summed E-state index contributed by atoms with van der Waals surface area (Å²) >= 11 is 0. The number of rotatable bonds is 5. The highest BCUT2D eigenvalue weighted by Crippen LogP contribution is 2.08. The highest BCUT2D eigenvalue weighted by molar-refractivity contribution is 5.76. The third-order valence-corrected chi connectivity index (χ3v) is 2.27. The summed E-state index contributed by atoms with van der Waals surface area (Å²) in [6.45, 7) is 4.03. The summed E-state index contributed by atoms with van der Waals surface area (Å²) in [5.41, 5.74) is 0.905. The van der Waals surface area contributed by atoms with Crippen molar-refractivity contribution in [2.75, 3.05) is 0 Å². The minimum absolute atomic E-state index is 0.00411. The molecule has 82 valence electrons. The second-order valence-electron chi connectivity index (χ2n) is 3.65. The summed E-state index contributed by atoms with van der Waals surface area (Å²) in [5.74, 6) is 0.106. The molecule has 0 saturated heterocycles. The van der Waals surface area contributed by atoms with Crippen molar-refractivity contribution < 1.29 is 4.79 Å².